The molecule has 8 heteroatoms. The van der Waals surface area contributed by atoms with Crippen LogP contribution in [0.2, 0.25) is 0 Å². The Labute approximate surface area is 208 Å². The van der Waals surface area contributed by atoms with Crippen molar-refractivity contribution in [3.05, 3.63) is 25.3 Å². The van der Waals surface area contributed by atoms with E-state index >= 15 is 0 Å². The van der Waals surface area contributed by atoms with Gasteiger partial charge in [0.05, 0.1) is 23.2 Å². The zero-order valence-electron chi connectivity index (χ0n) is 20.8. The number of rotatable bonds is 12. The number of allylic oxidation sites excluding steroid dienone is 1. The molecule has 34 heavy (non-hydrogen) atoms. The molecule has 0 aromatic rings. The van der Waals surface area contributed by atoms with Crippen molar-refractivity contribution in [1.82, 2.24) is 9.80 Å². The van der Waals surface area contributed by atoms with E-state index in [1.807, 2.05) is 20.8 Å². The predicted octanol–water partition coefficient (Wildman–Crippen LogP) is 3.17. The summed E-state index contributed by atoms with van der Waals surface area (Å²) in [5, 5.41) is 9.28. The third kappa shape index (κ3) is 4.81. The van der Waals surface area contributed by atoms with Gasteiger partial charge in [0.1, 0.15) is 6.04 Å². The van der Waals surface area contributed by atoms with Gasteiger partial charge in [-0.2, -0.15) is 0 Å². The minimum Gasteiger partial charge on any atom is -0.465 e. The van der Waals surface area contributed by atoms with Crippen LogP contribution in [0.4, 0.5) is 0 Å². The molecule has 0 aromatic heterocycles. The van der Waals surface area contributed by atoms with E-state index in [9.17, 15) is 19.5 Å². The number of aliphatic hydroxyl groups is 1. The molecule has 3 aliphatic rings. The van der Waals surface area contributed by atoms with Gasteiger partial charge in [0.2, 0.25) is 11.8 Å². The number of carbonyl (C=O) groups excluding carboxylic acids is 3. The number of thioether (sulfide) groups is 1. The first-order valence-corrected chi connectivity index (χ1v) is 13.3. The van der Waals surface area contributed by atoms with Crippen molar-refractivity contribution in [3.8, 4) is 0 Å². The molecule has 0 aliphatic carbocycles. The smallest absolute Gasteiger partial charge is 0.310 e. The molecule has 0 saturated carbocycles. The Balaban J connectivity index is 1.94. The lowest BCUT2D eigenvalue weighted by molar-refractivity contribution is -0.154. The molecular weight excluding hydrogens is 452 g/mol. The van der Waals surface area contributed by atoms with E-state index in [4.69, 9.17) is 4.74 Å². The third-order valence-corrected chi connectivity index (χ3v) is 9.25. The summed E-state index contributed by atoms with van der Waals surface area (Å²) in [6, 6.07) is -0.628. The van der Waals surface area contributed by atoms with Crippen LogP contribution < -0.4 is 0 Å². The van der Waals surface area contributed by atoms with Crippen LogP contribution in [0.5, 0.6) is 0 Å². The van der Waals surface area contributed by atoms with Crippen LogP contribution in [0.1, 0.15) is 59.3 Å². The number of nitrogens with zero attached hydrogens (tertiary/aromatic N) is 2. The van der Waals surface area contributed by atoms with E-state index in [0.717, 1.165) is 19.3 Å². The monoisotopic (exact) mass is 492 g/mol. The van der Waals surface area contributed by atoms with Crippen molar-refractivity contribution in [3.63, 3.8) is 0 Å². The highest BCUT2D eigenvalue weighted by atomic mass is 32.2. The van der Waals surface area contributed by atoms with E-state index in [0.29, 0.717) is 39.0 Å². The summed E-state index contributed by atoms with van der Waals surface area (Å²) >= 11 is 1.66. The molecule has 2 unspecified atom stereocenters. The maximum atomic E-state index is 14.1. The van der Waals surface area contributed by atoms with Crippen LogP contribution in [0, 0.1) is 11.8 Å². The molecule has 3 fully saturated rings. The van der Waals surface area contributed by atoms with Gasteiger partial charge in [0.25, 0.3) is 0 Å². The molecule has 3 saturated heterocycles. The van der Waals surface area contributed by atoms with Crippen LogP contribution in [-0.2, 0) is 19.1 Å². The molecule has 0 radical (unpaired) electrons. The van der Waals surface area contributed by atoms with Crippen molar-refractivity contribution >= 4 is 29.5 Å². The first-order chi connectivity index (χ1) is 16.1. The standard InChI is InChI=1S/C26H40N2O5S/c1-6-8-11-17-33-24(32)19-18-12-13-26(34-18)20(19)22(30)27(15-9-10-16-29)21(26)23(31)28(14-7-2)25(3,4)5/h6-7,18-21,29H,1-2,8-17H2,3-5H3/t18-,19+,20-,21?,26?/m0/s1. The Bertz CT molecular complexity index is 810. The molecule has 3 heterocycles. The number of likely N-dealkylation sites (tertiary alicyclic amines) is 1. The molecule has 1 N–H and O–H groups in total. The second kappa shape index (κ2) is 10.9. The van der Waals surface area contributed by atoms with Crippen LogP contribution >= 0.6 is 11.8 Å². The number of hydrogen-bond acceptors (Lipinski definition) is 6. The minimum atomic E-state index is -0.628. The molecule has 5 atom stereocenters. The fraction of sp³-hybridized carbons (Fsp3) is 0.731. The molecule has 3 aliphatic heterocycles. The Kier molecular flexibility index (Phi) is 8.56. The van der Waals surface area contributed by atoms with Crippen molar-refractivity contribution in [2.24, 2.45) is 11.8 Å². The number of ether oxygens (including phenoxy) is 1. The van der Waals surface area contributed by atoms with Gasteiger partial charge < -0.3 is 19.6 Å². The summed E-state index contributed by atoms with van der Waals surface area (Å²) in [5.41, 5.74) is -0.440. The van der Waals surface area contributed by atoms with Gasteiger partial charge in [-0.1, -0.05) is 12.2 Å². The molecule has 2 bridgehead atoms. The van der Waals surface area contributed by atoms with Crippen LogP contribution in [0.15, 0.2) is 25.3 Å². The zero-order chi connectivity index (χ0) is 25.1. The maximum absolute atomic E-state index is 14.1. The Morgan fingerprint density at radius 1 is 1.26 bits per heavy atom. The number of esters is 1. The molecule has 7 nitrogen and oxygen atoms in total. The highest BCUT2D eigenvalue weighted by molar-refractivity contribution is 8.02. The second-order valence-electron chi connectivity index (χ2n) is 10.5. The molecule has 3 rings (SSSR count). The highest BCUT2D eigenvalue weighted by Gasteiger charge is 2.74. The molecule has 2 amide bonds. The van der Waals surface area contributed by atoms with Gasteiger partial charge in [-0.25, -0.2) is 0 Å². The lowest BCUT2D eigenvalue weighted by Crippen LogP contribution is -2.58. The topological polar surface area (TPSA) is 87.2 Å². The highest BCUT2D eigenvalue weighted by Crippen LogP contribution is 2.66. The summed E-state index contributed by atoms with van der Waals surface area (Å²) in [4.78, 5) is 44.6. The summed E-state index contributed by atoms with van der Waals surface area (Å²) in [7, 11) is 0. The summed E-state index contributed by atoms with van der Waals surface area (Å²) < 4.78 is 4.97. The van der Waals surface area contributed by atoms with Crippen LogP contribution in [0.3, 0.4) is 0 Å². The largest absolute Gasteiger partial charge is 0.465 e. The predicted molar refractivity (Wildman–Crippen MR) is 134 cm³/mol. The van der Waals surface area contributed by atoms with E-state index in [-0.39, 0.29) is 29.6 Å². The van der Waals surface area contributed by atoms with Gasteiger partial charge >= 0.3 is 5.97 Å². The lowest BCUT2D eigenvalue weighted by Gasteiger charge is -2.42. The van der Waals surface area contributed by atoms with Crippen LogP contribution in [0.25, 0.3) is 0 Å². The van der Waals surface area contributed by atoms with Crippen LogP contribution in [-0.4, -0.2) is 80.6 Å². The normalized spacial score (nSPS) is 29.8. The number of amides is 2. The summed E-state index contributed by atoms with van der Waals surface area (Å²) in [6.45, 7) is 14.6. The van der Waals surface area contributed by atoms with Gasteiger partial charge in [0.15, 0.2) is 0 Å². The van der Waals surface area contributed by atoms with Crippen molar-refractivity contribution < 1.29 is 24.2 Å². The van der Waals surface area contributed by atoms with Gasteiger partial charge in [-0.3, -0.25) is 14.4 Å². The molecule has 1 spiro atoms. The molecule has 0 aromatic carbocycles. The Morgan fingerprint density at radius 2 is 2.00 bits per heavy atom. The van der Waals surface area contributed by atoms with Gasteiger partial charge in [-0.15, -0.1) is 24.9 Å². The fourth-order valence-electron chi connectivity index (χ4n) is 5.80. The number of aliphatic hydroxyl groups excluding tert-OH is 1. The maximum Gasteiger partial charge on any atom is 0.310 e. The SMILES string of the molecule is C=CCCCOC(=O)[C@@H]1[C@@H]2CCC3(S2)C(C(=O)N(CC=C)C(C)(C)C)N(CCCCO)C(=O)[C@H]13. The average molecular weight is 493 g/mol. The first kappa shape index (κ1) is 26.8. The van der Waals surface area contributed by atoms with E-state index < -0.39 is 28.2 Å². The first-order valence-electron chi connectivity index (χ1n) is 12.4. The third-order valence-electron chi connectivity index (χ3n) is 7.30. The average Bonchev–Trinajstić information content (AvgIpc) is 3.41. The van der Waals surface area contributed by atoms with E-state index in [1.54, 1.807) is 33.7 Å². The quantitative estimate of drug-likeness (QED) is 0.256. The second-order valence-corrected chi connectivity index (χ2v) is 12.1. The summed E-state index contributed by atoms with van der Waals surface area (Å²) in [6.07, 6.45) is 7.68. The van der Waals surface area contributed by atoms with Gasteiger partial charge in [-0.05, 0) is 59.3 Å². The minimum absolute atomic E-state index is 0.00163. The summed E-state index contributed by atoms with van der Waals surface area (Å²) in [5.74, 6) is -1.58. The van der Waals surface area contributed by atoms with Gasteiger partial charge in [0, 0.05) is 30.5 Å². The fourth-order valence-corrected chi connectivity index (χ4v) is 8.00. The molecule has 190 valence electrons. The Morgan fingerprint density at radius 3 is 2.62 bits per heavy atom. The Hall–Kier alpha value is -1.80. The lowest BCUT2D eigenvalue weighted by atomic mass is 9.71. The zero-order valence-corrected chi connectivity index (χ0v) is 21.6. The van der Waals surface area contributed by atoms with E-state index in [1.165, 1.54) is 0 Å². The van der Waals surface area contributed by atoms with Crippen molar-refractivity contribution in [2.45, 2.75) is 80.9 Å². The van der Waals surface area contributed by atoms with Crippen molar-refractivity contribution in [1.29, 1.82) is 0 Å². The number of hydrogen-bond donors (Lipinski definition) is 1. The number of fused-ring (bicyclic) bond motifs is 1. The number of carbonyl (C=O) groups is 3. The number of unbranched alkanes of at least 4 members (excludes halogenated alkanes) is 2. The van der Waals surface area contributed by atoms with Crippen molar-refractivity contribution in [2.75, 3.05) is 26.3 Å². The molecular formula is C26H40N2O5S. The van der Waals surface area contributed by atoms with E-state index in [2.05, 4.69) is 13.2 Å².